The lowest BCUT2D eigenvalue weighted by molar-refractivity contribution is 0.180. The van der Waals surface area contributed by atoms with E-state index in [-0.39, 0.29) is 9.79 Å². The summed E-state index contributed by atoms with van der Waals surface area (Å²) in [6, 6.07) is 4.06. The summed E-state index contributed by atoms with van der Waals surface area (Å²) in [7, 11) is -7.32. The van der Waals surface area contributed by atoms with Gasteiger partial charge >= 0.3 is 0 Å². The first-order valence-corrected chi connectivity index (χ1v) is 12.8. The molecule has 1 aromatic carbocycles. The first-order chi connectivity index (χ1) is 13.0. The highest BCUT2D eigenvalue weighted by molar-refractivity contribution is 9.10. The van der Waals surface area contributed by atoms with Gasteiger partial charge in [-0.2, -0.15) is 4.31 Å². The van der Waals surface area contributed by atoms with Crippen LogP contribution < -0.4 is 0 Å². The fourth-order valence-electron chi connectivity index (χ4n) is 3.13. The molecule has 1 fully saturated rings. The normalized spacial score (nSPS) is 17.1. The minimum atomic E-state index is -3.81. The lowest BCUT2D eigenvalue weighted by Gasteiger charge is -2.34. The molecular weight excluding hydrogens is 470 g/mol. The van der Waals surface area contributed by atoms with Crippen molar-refractivity contribution in [2.45, 2.75) is 30.2 Å². The van der Waals surface area contributed by atoms with Crippen molar-refractivity contribution < 1.29 is 21.4 Å². The first kappa shape index (κ1) is 21.4. The van der Waals surface area contributed by atoms with Gasteiger partial charge in [-0.25, -0.2) is 16.8 Å². The van der Waals surface area contributed by atoms with Gasteiger partial charge in [-0.05, 0) is 48.0 Å². The van der Waals surface area contributed by atoms with E-state index >= 15 is 0 Å². The Bertz CT molecular complexity index is 1070. The number of aromatic nitrogens is 1. The zero-order valence-electron chi connectivity index (χ0n) is 15.8. The molecule has 0 unspecified atom stereocenters. The van der Waals surface area contributed by atoms with E-state index in [2.05, 4.69) is 26.0 Å². The molecule has 0 saturated carbocycles. The minimum absolute atomic E-state index is 0.0219. The number of hydrogen-bond donors (Lipinski definition) is 0. The van der Waals surface area contributed by atoms with Gasteiger partial charge in [0.05, 0.1) is 15.5 Å². The predicted octanol–water partition coefficient (Wildman–Crippen LogP) is 1.96. The van der Waals surface area contributed by atoms with Gasteiger partial charge in [0, 0.05) is 49.0 Å². The van der Waals surface area contributed by atoms with Crippen LogP contribution in [0, 0.1) is 13.8 Å². The summed E-state index contributed by atoms with van der Waals surface area (Å²) in [5.41, 5.74) is 1.87. The number of rotatable bonds is 5. The summed E-state index contributed by atoms with van der Waals surface area (Å²) in [4.78, 5) is 2.10. The van der Waals surface area contributed by atoms with Crippen LogP contribution in [0.15, 0.2) is 37.0 Å². The van der Waals surface area contributed by atoms with Crippen LogP contribution in [-0.4, -0.2) is 63.6 Å². The Balaban J connectivity index is 1.77. The molecule has 154 valence electrons. The maximum atomic E-state index is 13.1. The number of hydrogen-bond acceptors (Lipinski definition) is 7. The van der Waals surface area contributed by atoms with Gasteiger partial charge in [-0.15, -0.1) is 0 Å². The molecule has 0 atom stereocenters. The molecule has 11 heteroatoms. The molecule has 2 heterocycles. The molecule has 0 aliphatic carbocycles. The van der Waals surface area contributed by atoms with Crippen molar-refractivity contribution in [1.82, 2.24) is 14.4 Å². The Morgan fingerprint density at radius 3 is 2.29 bits per heavy atom. The molecular formula is C17H22BrN3O5S2. The van der Waals surface area contributed by atoms with Crippen LogP contribution in [0.2, 0.25) is 0 Å². The monoisotopic (exact) mass is 491 g/mol. The molecule has 1 aliphatic rings. The van der Waals surface area contributed by atoms with Crippen molar-refractivity contribution in [2.24, 2.45) is 0 Å². The Hall–Kier alpha value is -1.27. The van der Waals surface area contributed by atoms with Gasteiger partial charge in [0.2, 0.25) is 10.0 Å². The summed E-state index contributed by atoms with van der Waals surface area (Å²) in [6.07, 6.45) is 1.06. The van der Waals surface area contributed by atoms with Crippen molar-refractivity contribution >= 4 is 35.8 Å². The van der Waals surface area contributed by atoms with Gasteiger partial charge in [-0.1, -0.05) is 5.16 Å². The van der Waals surface area contributed by atoms with E-state index in [0.29, 0.717) is 37.2 Å². The summed E-state index contributed by atoms with van der Waals surface area (Å²) in [5, 5.41) is 3.95. The van der Waals surface area contributed by atoms with Crippen LogP contribution in [0.25, 0.3) is 0 Å². The van der Waals surface area contributed by atoms with E-state index in [0.717, 1.165) is 23.3 Å². The Morgan fingerprint density at radius 1 is 1.11 bits per heavy atom. The predicted molar refractivity (Wildman–Crippen MR) is 107 cm³/mol. The SMILES string of the molecule is Cc1noc(C)c1CN1CCN(S(=O)(=O)c2cc(S(C)(=O)=O)ccc2Br)CC1. The molecule has 1 saturated heterocycles. The van der Waals surface area contributed by atoms with E-state index in [1.54, 1.807) is 0 Å². The maximum Gasteiger partial charge on any atom is 0.244 e. The Labute approximate surface area is 173 Å². The second-order valence-corrected chi connectivity index (χ2v) is 11.6. The summed E-state index contributed by atoms with van der Waals surface area (Å²) in [6.45, 7) is 6.17. The van der Waals surface area contributed by atoms with E-state index in [4.69, 9.17) is 4.52 Å². The third kappa shape index (κ3) is 4.33. The van der Waals surface area contributed by atoms with Crippen molar-refractivity contribution in [3.63, 3.8) is 0 Å². The highest BCUT2D eigenvalue weighted by Gasteiger charge is 2.31. The second-order valence-electron chi connectivity index (χ2n) is 6.85. The quantitative estimate of drug-likeness (QED) is 0.629. The molecule has 0 bridgehead atoms. The van der Waals surface area contributed by atoms with Gasteiger partial charge in [-0.3, -0.25) is 4.90 Å². The van der Waals surface area contributed by atoms with Crippen molar-refractivity contribution in [2.75, 3.05) is 32.4 Å². The molecule has 0 N–H and O–H groups in total. The molecule has 28 heavy (non-hydrogen) atoms. The smallest absolute Gasteiger partial charge is 0.244 e. The fraction of sp³-hybridized carbons (Fsp3) is 0.471. The van der Waals surface area contributed by atoms with Crippen molar-refractivity contribution in [3.8, 4) is 0 Å². The van der Waals surface area contributed by atoms with Crippen LogP contribution in [0.3, 0.4) is 0 Å². The average Bonchev–Trinajstić information content (AvgIpc) is 2.93. The third-order valence-corrected chi connectivity index (χ3v) is 8.85. The summed E-state index contributed by atoms with van der Waals surface area (Å²) in [5.74, 6) is 0.772. The van der Waals surface area contributed by atoms with Crippen molar-refractivity contribution in [3.05, 3.63) is 39.7 Å². The standard InChI is InChI=1S/C17H22BrN3O5S2/c1-12-15(13(2)26-19-12)11-20-6-8-21(9-7-20)28(24,25)17-10-14(27(3,22)23)4-5-16(17)18/h4-5,10H,6-9,11H2,1-3H3. The largest absolute Gasteiger partial charge is 0.361 e. The molecule has 0 radical (unpaired) electrons. The Kier molecular flexibility index (Phi) is 6.02. The van der Waals surface area contributed by atoms with Gasteiger partial charge in [0.1, 0.15) is 5.76 Å². The van der Waals surface area contributed by atoms with E-state index < -0.39 is 19.9 Å². The van der Waals surface area contributed by atoms with Gasteiger partial charge < -0.3 is 4.52 Å². The zero-order chi connectivity index (χ0) is 20.7. The van der Waals surface area contributed by atoms with E-state index in [1.807, 2.05) is 13.8 Å². The first-order valence-electron chi connectivity index (χ1n) is 8.64. The van der Waals surface area contributed by atoms with Crippen LogP contribution >= 0.6 is 15.9 Å². The number of piperazine rings is 1. The maximum absolute atomic E-state index is 13.1. The number of sulfone groups is 1. The van der Waals surface area contributed by atoms with E-state index in [1.165, 1.54) is 22.5 Å². The van der Waals surface area contributed by atoms with Gasteiger partial charge in [0.15, 0.2) is 9.84 Å². The molecule has 0 amide bonds. The van der Waals surface area contributed by atoms with Crippen LogP contribution in [0.4, 0.5) is 0 Å². The lowest BCUT2D eigenvalue weighted by atomic mass is 10.2. The van der Waals surface area contributed by atoms with Gasteiger partial charge in [0.25, 0.3) is 0 Å². The fourth-order valence-corrected chi connectivity index (χ4v) is 6.22. The topological polar surface area (TPSA) is 101 Å². The van der Waals surface area contributed by atoms with Crippen LogP contribution in [-0.2, 0) is 26.4 Å². The summed E-state index contributed by atoms with van der Waals surface area (Å²) >= 11 is 3.24. The molecule has 1 aromatic heterocycles. The minimum Gasteiger partial charge on any atom is -0.361 e. The number of halogens is 1. The third-order valence-electron chi connectivity index (χ3n) is 4.84. The second kappa shape index (κ2) is 7.86. The Morgan fingerprint density at radius 2 is 1.75 bits per heavy atom. The number of benzene rings is 1. The molecule has 8 nitrogen and oxygen atoms in total. The van der Waals surface area contributed by atoms with E-state index in [9.17, 15) is 16.8 Å². The highest BCUT2D eigenvalue weighted by atomic mass is 79.9. The zero-order valence-corrected chi connectivity index (χ0v) is 19.1. The molecule has 1 aliphatic heterocycles. The van der Waals surface area contributed by atoms with Crippen LogP contribution in [0.1, 0.15) is 17.0 Å². The highest BCUT2D eigenvalue weighted by Crippen LogP contribution is 2.29. The number of aryl methyl sites for hydroxylation is 2. The van der Waals surface area contributed by atoms with Crippen LogP contribution in [0.5, 0.6) is 0 Å². The lowest BCUT2D eigenvalue weighted by Crippen LogP contribution is -2.48. The summed E-state index contributed by atoms with van der Waals surface area (Å²) < 4.78 is 56.7. The molecule has 0 spiro atoms. The van der Waals surface area contributed by atoms with Crippen molar-refractivity contribution in [1.29, 1.82) is 0 Å². The average molecular weight is 492 g/mol. The molecule has 2 aromatic rings. The number of sulfonamides is 1. The number of nitrogens with zero attached hydrogens (tertiary/aromatic N) is 3. The molecule has 3 rings (SSSR count).